The minimum atomic E-state index is -0.699. The summed E-state index contributed by atoms with van der Waals surface area (Å²) in [6.45, 7) is 0.377. The van der Waals surface area contributed by atoms with Gasteiger partial charge in [-0.05, 0) is 25.1 Å². The van der Waals surface area contributed by atoms with E-state index >= 15 is 0 Å². The first kappa shape index (κ1) is 10.9. The summed E-state index contributed by atoms with van der Waals surface area (Å²) in [6.07, 6.45) is -0.266. The van der Waals surface area contributed by atoms with Gasteiger partial charge in [-0.1, -0.05) is 0 Å². The van der Waals surface area contributed by atoms with Gasteiger partial charge >= 0.3 is 0 Å². The summed E-state index contributed by atoms with van der Waals surface area (Å²) in [5.41, 5.74) is 5.88. The molecule has 1 aromatic rings. The van der Waals surface area contributed by atoms with E-state index in [-0.39, 0.29) is 5.82 Å². The van der Waals surface area contributed by atoms with Crippen LogP contribution >= 0.6 is 0 Å². The zero-order valence-corrected chi connectivity index (χ0v) is 8.03. The summed E-state index contributed by atoms with van der Waals surface area (Å²) in [7, 11) is 1.44. The molecule has 1 aromatic carbocycles. The Morgan fingerprint density at radius 1 is 1.57 bits per heavy atom. The van der Waals surface area contributed by atoms with Crippen LogP contribution < -0.4 is 10.5 Å². The Morgan fingerprint density at radius 3 is 2.86 bits per heavy atom. The molecule has 0 saturated heterocycles. The van der Waals surface area contributed by atoms with Crippen LogP contribution in [0.2, 0.25) is 0 Å². The van der Waals surface area contributed by atoms with E-state index in [0.717, 1.165) is 0 Å². The third-order valence-electron chi connectivity index (χ3n) is 1.99. The monoisotopic (exact) mass is 199 g/mol. The molecule has 0 spiro atoms. The van der Waals surface area contributed by atoms with Gasteiger partial charge in [0.05, 0.1) is 13.2 Å². The fourth-order valence-corrected chi connectivity index (χ4v) is 1.27. The lowest BCUT2D eigenvalue weighted by Gasteiger charge is -2.13. The van der Waals surface area contributed by atoms with Crippen LogP contribution in [-0.4, -0.2) is 18.8 Å². The molecule has 0 aromatic heterocycles. The average Bonchev–Trinajstić information content (AvgIpc) is 2.17. The highest BCUT2D eigenvalue weighted by Gasteiger charge is 2.12. The minimum Gasteiger partial charge on any atom is -0.496 e. The molecule has 4 heteroatoms. The van der Waals surface area contributed by atoms with E-state index in [2.05, 4.69) is 0 Å². The third kappa shape index (κ3) is 2.43. The predicted molar refractivity (Wildman–Crippen MR) is 51.6 cm³/mol. The van der Waals surface area contributed by atoms with Crippen LogP contribution in [0.25, 0.3) is 0 Å². The zero-order chi connectivity index (χ0) is 10.6. The first-order valence-corrected chi connectivity index (χ1v) is 4.40. The van der Waals surface area contributed by atoms with Crippen LogP contribution in [0.3, 0.4) is 0 Å². The molecule has 3 nitrogen and oxygen atoms in total. The van der Waals surface area contributed by atoms with Gasteiger partial charge in [-0.25, -0.2) is 4.39 Å². The molecule has 0 amide bonds. The van der Waals surface area contributed by atoms with E-state index in [1.54, 1.807) is 0 Å². The molecule has 0 heterocycles. The van der Waals surface area contributed by atoms with Gasteiger partial charge in [-0.3, -0.25) is 0 Å². The van der Waals surface area contributed by atoms with Gasteiger partial charge < -0.3 is 15.6 Å². The molecule has 14 heavy (non-hydrogen) atoms. The molecule has 1 rings (SSSR count). The summed E-state index contributed by atoms with van der Waals surface area (Å²) in [6, 6.07) is 4.04. The van der Waals surface area contributed by atoms with Gasteiger partial charge in [0.1, 0.15) is 11.6 Å². The normalized spacial score (nSPS) is 12.6. The number of benzene rings is 1. The summed E-state index contributed by atoms with van der Waals surface area (Å²) >= 11 is 0. The number of hydrogen-bond donors (Lipinski definition) is 2. The number of hydrogen-bond acceptors (Lipinski definition) is 3. The number of aliphatic hydroxyl groups is 1. The Kier molecular flexibility index (Phi) is 3.85. The van der Waals surface area contributed by atoms with Crippen molar-refractivity contribution in [1.82, 2.24) is 0 Å². The zero-order valence-electron chi connectivity index (χ0n) is 8.03. The van der Waals surface area contributed by atoms with Crippen LogP contribution in [0, 0.1) is 5.82 Å². The Hall–Kier alpha value is -1.13. The maximum Gasteiger partial charge on any atom is 0.127 e. The topological polar surface area (TPSA) is 55.5 Å². The largest absolute Gasteiger partial charge is 0.496 e. The molecule has 3 N–H and O–H groups in total. The van der Waals surface area contributed by atoms with Crippen LogP contribution in [0.4, 0.5) is 4.39 Å². The SMILES string of the molecule is COc1cc(F)ccc1[C@H](O)CCN. The van der Waals surface area contributed by atoms with Crippen molar-refractivity contribution in [1.29, 1.82) is 0 Å². The van der Waals surface area contributed by atoms with Crippen LogP contribution in [0.1, 0.15) is 18.1 Å². The number of aliphatic hydroxyl groups excluding tert-OH is 1. The molecule has 0 aliphatic heterocycles. The van der Waals surface area contributed by atoms with Gasteiger partial charge in [0.25, 0.3) is 0 Å². The van der Waals surface area contributed by atoms with Gasteiger partial charge in [-0.2, -0.15) is 0 Å². The quantitative estimate of drug-likeness (QED) is 0.766. The van der Waals surface area contributed by atoms with E-state index in [4.69, 9.17) is 10.5 Å². The Morgan fingerprint density at radius 2 is 2.29 bits per heavy atom. The van der Waals surface area contributed by atoms with Crippen molar-refractivity contribution in [2.75, 3.05) is 13.7 Å². The average molecular weight is 199 g/mol. The van der Waals surface area contributed by atoms with Crippen LogP contribution in [0.15, 0.2) is 18.2 Å². The Balaban J connectivity index is 2.95. The number of nitrogens with two attached hydrogens (primary N) is 1. The summed E-state index contributed by atoms with van der Waals surface area (Å²) < 4.78 is 17.7. The van der Waals surface area contributed by atoms with E-state index in [0.29, 0.717) is 24.3 Å². The maximum absolute atomic E-state index is 12.8. The van der Waals surface area contributed by atoms with Crippen molar-refractivity contribution in [2.24, 2.45) is 5.73 Å². The van der Waals surface area contributed by atoms with Gasteiger partial charge in [0, 0.05) is 11.6 Å². The van der Waals surface area contributed by atoms with Crippen molar-refractivity contribution in [3.05, 3.63) is 29.6 Å². The lowest BCUT2D eigenvalue weighted by atomic mass is 10.1. The van der Waals surface area contributed by atoms with E-state index in [1.807, 2.05) is 0 Å². The second-order valence-corrected chi connectivity index (χ2v) is 2.98. The molecule has 0 fully saturated rings. The highest BCUT2D eigenvalue weighted by atomic mass is 19.1. The number of halogens is 1. The van der Waals surface area contributed by atoms with Crippen molar-refractivity contribution in [3.8, 4) is 5.75 Å². The fraction of sp³-hybridized carbons (Fsp3) is 0.400. The Bertz CT molecular complexity index is 304. The number of methoxy groups -OCH3 is 1. The second-order valence-electron chi connectivity index (χ2n) is 2.98. The summed E-state index contributed by atoms with van der Waals surface area (Å²) in [5, 5.41) is 9.64. The number of ether oxygens (including phenoxy) is 1. The van der Waals surface area contributed by atoms with Crippen LogP contribution in [-0.2, 0) is 0 Å². The van der Waals surface area contributed by atoms with Gasteiger partial charge in [-0.15, -0.1) is 0 Å². The lowest BCUT2D eigenvalue weighted by molar-refractivity contribution is 0.166. The molecule has 0 bridgehead atoms. The minimum absolute atomic E-state index is 0.353. The number of rotatable bonds is 4. The Labute approximate surface area is 82.3 Å². The standard InChI is InChI=1S/C10H14FNO2/c1-14-10-6-7(11)2-3-8(10)9(13)4-5-12/h2-3,6,9,13H,4-5,12H2,1H3/t9-/m1/s1. The lowest BCUT2D eigenvalue weighted by Crippen LogP contribution is -2.08. The van der Waals surface area contributed by atoms with Crippen LogP contribution in [0.5, 0.6) is 5.75 Å². The maximum atomic E-state index is 12.8. The molecule has 0 saturated carbocycles. The van der Waals surface area contributed by atoms with Gasteiger partial charge in [0.2, 0.25) is 0 Å². The predicted octanol–water partition coefficient (Wildman–Crippen LogP) is 1.22. The highest BCUT2D eigenvalue weighted by Crippen LogP contribution is 2.27. The molecule has 0 aliphatic rings. The molecule has 0 aliphatic carbocycles. The molecule has 1 atom stereocenters. The molecular formula is C10H14FNO2. The van der Waals surface area contributed by atoms with E-state index < -0.39 is 6.10 Å². The smallest absolute Gasteiger partial charge is 0.127 e. The van der Waals surface area contributed by atoms with Crippen molar-refractivity contribution >= 4 is 0 Å². The third-order valence-corrected chi connectivity index (χ3v) is 1.99. The molecular weight excluding hydrogens is 185 g/mol. The van der Waals surface area contributed by atoms with Crippen molar-refractivity contribution < 1.29 is 14.2 Å². The highest BCUT2D eigenvalue weighted by molar-refractivity contribution is 5.35. The second kappa shape index (κ2) is 4.93. The molecule has 0 unspecified atom stereocenters. The summed E-state index contributed by atoms with van der Waals surface area (Å²) in [5.74, 6) is -0.0310. The first-order valence-electron chi connectivity index (χ1n) is 4.40. The van der Waals surface area contributed by atoms with E-state index in [9.17, 15) is 9.50 Å². The molecule has 0 radical (unpaired) electrons. The van der Waals surface area contributed by atoms with Crippen molar-refractivity contribution in [3.63, 3.8) is 0 Å². The summed E-state index contributed by atoms with van der Waals surface area (Å²) in [4.78, 5) is 0. The fourth-order valence-electron chi connectivity index (χ4n) is 1.27. The van der Waals surface area contributed by atoms with Crippen molar-refractivity contribution in [2.45, 2.75) is 12.5 Å². The van der Waals surface area contributed by atoms with E-state index in [1.165, 1.54) is 25.3 Å². The first-order chi connectivity index (χ1) is 6.69. The molecule has 78 valence electrons. The van der Waals surface area contributed by atoms with Gasteiger partial charge in [0.15, 0.2) is 0 Å².